The lowest BCUT2D eigenvalue weighted by atomic mass is 10.2. The van der Waals surface area contributed by atoms with Crippen LogP contribution < -0.4 is 0 Å². The minimum Gasteiger partial charge on any atom is -0.490 e. The average Bonchev–Trinajstić information content (AvgIpc) is 2.31. The lowest BCUT2D eigenvalue weighted by Gasteiger charge is -2.26. The van der Waals surface area contributed by atoms with Crippen LogP contribution >= 0.6 is 0 Å². The van der Waals surface area contributed by atoms with E-state index >= 15 is 0 Å². The first-order valence-electron chi connectivity index (χ1n) is 5.52. The van der Waals surface area contributed by atoms with Crippen LogP contribution in [-0.4, -0.2) is 50.1 Å². The summed E-state index contributed by atoms with van der Waals surface area (Å²) >= 11 is 0. The van der Waals surface area contributed by atoms with Crippen molar-refractivity contribution in [2.24, 2.45) is 0 Å². The molecule has 0 unspecified atom stereocenters. The molecule has 0 saturated carbocycles. The molecular formula is C11H17NO3. The molecule has 0 radical (unpaired) electrons. The summed E-state index contributed by atoms with van der Waals surface area (Å²) in [5, 5.41) is 0. The third kappa shape index (κ3) is 3.04. The van der Waals surface area contributed by atoms with E-state index < -0.39 is 0 Å². The van der Waals surface area contributed by atoms with E-state index in [9.17, 15) is 4.79 Å². The molecule has 1 saturated heterocycles. The highest BCUT2D eigenvalue weighted by Gasteiger charge is 2.19. The number of ether oxygens (including phenoxy) is 2. The maximum absolute atomic E-state index is 11.8. The number of hydrogen-bond donors (Lipinski definition) is 0. The molecule has 2 aliphatic rings. The molecule has 15 heavy (non-hydrogen) atoms. The van der Waals surface area contributed by atoms with E-state index in [2.05, 4.69) is 4.90 Å². The van der Waals surface area contributed by atoms with Crippen molar-refractivity contribution >= 4 is 5.78 Å². The SMILES string of the molecule is O=C(CN1CCOCC1)C1=CCCCO1. The zero-order valence-electron chi connectivity index (χ0n) is 8.91. The maximum Gasteiger partial charge on any atom is 0.210 e. The molecular weight excluding hydrogens is 194 g/mol. The van der Waals surface area contributed by atoms with Gasteiger partial charge < -0.3 is 9.47 Å². The Morgan fingerprint density at radius 1 is 1.33 bits per heavy atom. The second-order valence-corrected chi connectivity index (χ2v) is 3.87. The summed E-state index contributed by atoms with van der Waals surface area (Å²) in [6.07, 6.45) is 3.89. The van der Waals surface area contributed by atoms with Crippen LogP contribution in [0.3, 0.4) is 0 Å². The van der Waals surface area contributed by atoms with Crippen LogP contribution in [0, 0.1) is 0 Å². The normalized spacial score (nSPS) is 23.1. The summed E-state index contributed by atoms with van der Waals surface area (Å²) in [4.78, 5) is 13.9. The molecule has 4 nitrogen and oxygen atoms in total. The Balaban J connectivity index is 1.82. The molecule has 0 atom stereocenters. The Labute approximate surface area is 89.8 Å². The molecule has 84 valence electrons. The van der Waals surface area contributed by atoms with Gasteiger partial charge >= 0.3 is 0 Å². The molecule has 0 bridgehead atoms. The summed E-state index contributed by atoms with van der Waals surface area (Å²) in [6, 6.07) is 0. The quantitative estimate of drug-likeness (QED) is 0.684. The fourth-order valence-electron chi connectivity index (χ4n) is 1.79. The van der Waals surface area contributed by atoms with Crippen LogP contribution in [0.1, 0.15) is 12.8 Å². The molecule has 2 heterocycles. The van der Waals surface area contributed by atoms with Crippen LogP contribution in [0.15, 0.2) is 11.8 Å². The zero-order valence-corrected chi connectivity index (χ0v) is 8.91. The number of ketones is 1. The number of Topliss-reactive ketones (excluding diaryl/α,β-unsaturated/α-hetero) is 1. The van der Waals surface area contributed by atoms with Crippen molar-refractivity contribution in [2.45, 2.75) is 12.8 Å². The van der Waals surface area contributed by atoms with Gasteiger partial charge in [-0.2, -0.15) is 0 Å². The minimum absolute atomic E-state index is 0.108. The zero-order chi connectivity index (χ0) is 10.5. The second kappa shape index (κ2) is 5.28. The van der Waals surface area contributed by atoms with Gasteiger partial charge in [0, 0.05) is 13.1 Å². The van der Waals surface area contributed by atoms with Gasteiger partial charge in [-0.05, 0) is 18.9 Å². The molecule has 0 N–H and O–H groups in total. The van der Waals surface area contributed by atoms with Crippen molar-refractivity contribution in [2.75, 3.05) is 39.5 Å². The van der Waals surface area contributed by atoms with Crippen molar-refractivity contribution in [3.8, 4) is 0 Å². The largest absolute Gasteiger partial charge is 0.490 e. The third-order valence-corrected chi connectivity index (χ3v) is 2.68. The highest BCUT2D eigenvalue weighted by molar-refractivity contribution is 5.95. The number of allylic oxidation sites excluding steroid dienone is 1. The fraction of sp³-hybridized carbons (Fsp3) is 0.727. The van der Waals surface area contributed by atoms with Gasteiger partial charge in [0.1, 0.15) is 0 Å². The van der Waals surface area contributed by atoms with Crippen molar-refractivity contribution in [1.29, 1.82) is 0 Å². The van der Waals surface area contributed by atoms with Crippen molar-refractivity contribution in [3.05, 3.63) is 11.8 Å². The number of morpholine rings is 1. The van der Waals surface area contributed by atoms with Gasteiger partial charge in [-0.25, -0.2) is 0 Å². The van der Waals surface area contributed by atoms with Crippen molar-refractivity contribution < 1.29 is 14.3 Å². The molecule has 0 aromatic carbocycles. The molecule has 0 aliphatic carbocycles. The summed E-state index contributed by atoms with van der Waals surface area (Å²) in [7, 11) is 0. The lowest BCUT2D eigenvalue weighted by Crippen LogP contribution is -2.40. The monoisotopic (exact) mass is 211 g/mol. The Kier molecular flexibility index (Phi) is 3.75. The predicted molar refractivity (Wildman–Crippen MR) is 55.5 cm³/mol. The van der Waals surface area contributed by atoms with Gasteiger partial charge in [0.2, 0.25) is 5.78 Å². The lowest BCUT2D eigenvalue weighted by molar-refractivity contribution is -0.121. The molecule has 0 spiro atoms. The molecule has 0 aromatic heterocycles. The molecule has 4 heteroatoms. The van der Waals surface area contributed by atoms with E-state index in [1.165, 1.54) is 0 Å². The first kappa shape index (κ1) is 10.6. The molecule has 0 amide bonds. The summed E-state index contributed by atoms with van der Waals surface area (Å²) in [5.41, 5.74) is 0. The van der Waals surface area contributed by atoms with Gasteiger partial charge in [-0.15, -0.1) is 0 Å². The number of rotatable bonds is 3. The van der Waals surface area contributed by atoms with Gasteiger partial charge in [0.25, 0.3) is 0 Å². The summed E-state index contributed by atoms with van der Waals surface area (Å²) in [5.74, 6) is 0.671. The second-order valence-electron chi connectivity index (χ2n) is 3.87. The topological polar surface area (TPSA) is 38.8 Å². The van der Waals surface area contributed by atoms with Gasteiger partial charge in [-0.1, -0.05) is 0 Å². The van der Waals surface area contributed by atoms with E-state index in [-0.39, 0.29) is 5.78 Å². The maximum atomic E-state index is 11.8. The minimum atomic E-state index is 0.108. The smallest absolute Gasteiger partial charge is 0.210 e. The van der Waals surface area contributed by atoms with E-state index in [0.717, 1.165) is 39.1 Å². The van der Waals surface area contributed by atoms with Gasteiger partial charge in [-0.3, -0.25) is 9.69 Å². The Morgan fingerprint density at radius 2 is 2.13 bits per heavy atom. The number of nitrogens with zero attached hydrogens (tertiary/aromatic N) is 1. The van der Waals surface area contributed by atoms with E-state index in [1.807, 2.05) is 6.08 Å². The van der Waals surface area contributed by atoms with Gasteiger partial charge in [0.05, 0.1) is 26.4 Å². The number of carbonyl (C=O) groups is 1. The molecule has 0 aromatic rings. The van der Waals surface area contributed by atoms with Crippen LogP contribution in [0.5, 0.6) is 0 Å². The Bertz CT molecular complexity index is 257. The van der Waals surface area contributed by atoms with Crippen LogP contribution in [0.4, 0.5) is 0 Å². The molecule has 2 aliphatic heterocycles. The number of carbonyl (C=O) groups excluding carboxylic acids is 1. The van der Waals surface area contributed by atoms with Crippen molar-refractivity contribution in [1.82, 2.24) is 4.90 Å². The van der Waals surface area contributed by atoms with E-state index in [1.54, 1.807) is 0 Å². The van der Waals surface area contributed by atoms with Crippen LogP contribution in [0.25, 0.3) is 0 Å². The van der Waals surface area contributed by atoms with E-state index in [0.29, 0.717) is 18.9 Å². The summed E-state index contributed by atoms with van der Waals surface area (Å²) in [6.45, 7) is 4.30. The fourth-order valence-corrected chi connectivity index (χ4v) is 1.79. The summed E-state index contributed by atoms with van der Waals surface area (Å²) < 4.78 is 10.6. The highest BCUT2D eigenvalue weighted by atomic mass is 16.5. The van der Waals surface area contributed by atoms with Crippen LogP contribution in [-0.2, 0) is 14.3 Å². The Hall–Kier alpha value is -0.870. The first-order chi connectivity index (χ1) is 7.36. The highest BCUT2D eigenvalue weighted by Crippen LogP contribution is 2.11. The standard InChI is InChI=1S/C11H17NO3/c13-10(11-3-1-2-6-15-11)9-12-4-7-14-8-5-12/h3H,1-2,4-9H2. The van der Waals surface area contributed by atoms with Crippen LogP contribution in [0.2, 0.25) is 0 Å². The molecule has 1 fully saturated rings. The van der Waals surface area contributed by atoms with Gasteiger partial charge in [0.15, 0.2) is 5.76 Å². The Morgan fingerprint density at radius 3 is 2.80 bits per heavy atom. The third-order valence-electron chi connectivity index (χ3n) is 2.68. The predicted octanol–water partition coefficient (Wildman–Crippen LogP) is 0.582. The molecule has 2 rings (SSSR count). The van der Waals surface area contributed by atoms with E-state index in [4.69, 9.17) is 9.47 Å². The first-order valence-corrected chi connectivity index (χ1v) is 5.52. The number of hydrogen-bond acceptors (Lipinski definition) is 4. The van der Waals surface area contributed by atoms with Crippen molar-refractivity contribution in [3.63, 3.8) is 0 Å². The average molecular weight is 211 g/mol.